The lowest BCUT2D eigenvalue weighted by atomic mass is 10.2. The average molecular weight is 426 g/mol. The number of carbonyl (C=O) groups excluding carboxylic acids is 2. The zero-order valence-electron chi connectivity index (χ0n) is 17.4. The molecule has 0 saturated carbocycles. The van der Waals surface area contributed by atoms with E-state index in [1.807, 2.05) is 59.3 Å². The van der Waals surface area contributed by atoms with E-state index in [4.69, 9.17) is 4.74 Å². The summed E-state index contributed by atoms with van der Waals surface area (Å²) in [5.74, 6) is 0.558. The smallest absolute Gasteiger partial charge is 0.255 e. The van der Waals surface area contributed by atoms with Gasteiger partial charge >= 0.3 is 0 Å². The van der Waals surface area contributed by atoms with E-state index in [0.717, 1.165) is 23.4 Å². The summed E-state index contributed by atoms with van der Waals surface area (Å²) < 4.78 is 7.76. The molecule has 0 radical (unpaired) electrons. The summed E-state index contributed by atoms with van der Waals surface area (Å²) in [6, 6.07) is 20.2. The number of nitrogens with one attached hydrogen (secondary N) is 1. The SMILES string of the molecule is O=C(Nc1cccc(N2CCCC2=O)c1)c1ccc(OCc2cn3ccccc3n2)cc1. The van der Waals surface area contributed by atoms with Crippen LogP contribution in [0, 0.1) is 0 Å². The number of imidazole rings is 1. The summed E-state index contributed by atoms with van der Waals surface area (Å²) in [4.78, 5) is 30.9. The second-order valence-electron chi connectivity index (χ2n) is 7.66. The molecular formula is C25H22N4O3. The molecule has 1 saturated heterocycles. The molecule has 1 aliphatic rings. The highest BCUT2D eigenvalue weighted by Gasteiger charge is 2.21. The van der Waals surface area contributed by atoms with Crippen LogP contribution in [0.15, 0.2) is 79.1 Å². The van der Waals surface area contributed by atoms with Crippen LogP contribution in [0.1, 0.15) is 28.9 Å². The Morgan fingerprint density at radius 1 is 1.06 bits per heavy atom. The molecule has 2 aromatic carbocycles. The lowest BCUT2D eigenvalue weighted by Crippen LogP contribution is -2.23. The molecule has 4 aromatic rings. The third-order valence-electron chi connectivity index (χ3n) is 5.41. The predicted octanol–water partition coefficient (Wildman–Crippen LogP) is 4.29. The van der Waals surface area contributed by atoms with E-state index in [9.17, 15) is 9.59 Å². The molecule has 2 aromatic heterocycles. The molecule has 0 bridgehead atoms. The minimum absolute atomic E-state index is 0.118. The average Bonchev–Trinajstić information content (AvgIpc) is 3.44. The Morgan fingerprint density at radius 2 is 1.94 bits per heavy atom. The fraction of sp³-hybridized carbons (Fsp3) is 0.160. The third kappa shape index (κ3) is 4.18. The van der Waals surface area contributed by atoms with Gasteiger partial charge in [0.15, 0.2) is 0 Å². The van der Waals surface area contributed by atoms with Gasteiger partial charge in [0.2, 0.25) is 5.91 Å². The Morgan fingerprint density at radius 3 is 2.72 bits per heavy atom. The molecule has 32 heavy (non-hydrogen) atoms. The van der Waals surface area contributed by atoms with Crippen LogP contribution in [-0.2, 0) is 11.4 Å². The van der Waals surface area contributed by atoms with Gasteiger partial charge in [0.1, 0.15) is 18.0 Å². The minimum Gasteiger partial charge on any atom is -0.487 e. The zero-order valence-corrected chi connectivity index (χ0v) is 17.4. The molecule has 0 aliphatic carbocycles. The first-order valence-corrected chi connectivity index (χ1v) is 10.5. The molecule has 3 heterocycles. The van der Waals surface area contributed by atoms with Gasteiger partial charge in [0.25, 0.3) is 5.91 Å². The predicted molar refractivity (Wildman–Crippen MR) is 122 cm³/mol. The summed E-state index contributed by atoms with van der Waals surface area (Å²) in [6.45, 7) is 1.06. The van der Waals surface area contributed by atoms with Crippen LogP contribution in [0.25, 0.3) is 5.65 Å². The molecule has 7 heteroatoms. The molecule has 1 aliphatic heterocycles. The van der Waals surface area contributed by atoms with E-state index in [2.05, 4.69) is 10.3 Å². The standard InChI is InChI=1S/C25H22N4O3/c30-24-8-4-14-29(24)21-6-3-5-19(15-21)27-25(31)18-9-11-22(12-10-18)32-17-20-16-28-13-2-1-7-23(28)26-20/h1-3,5-7,9-13,15-16H,4,8,14,17H2,(H,27,31). The van der Waals surface area contributed by atoms with Crippen LogP contribution in [-0.4, -0.2) is 27.7 Å². The van der Waals surface area contributed by atoms with E-state index < -0.39 is 0 Å². The van der Waals surface area contributed by atoms with Crippen LogP contribution in [0.2, 0.25) is 0 Å². The number of nitrogens with zero attached hydrogens (tertiary/aromatic N) is 3. The van der Waals surface area contributed by atoms with E-state index in [1.54, 1.807) is 29.2 Å². The Bertz CT molecular complexity index is 1250. The Kier molecular flexibility index (Phi) is 5.29. The molecule has 1 N–H and O–H groups in total. The number of anilines is 2. The molecule has 0 spiro atoms. The Labute approximate surface area is 185 Å². The molecule has 2 amide bonds. The number of pyridine rings is 1. The van der Waals surface area contributed by atoms with Crippen molar-refractivity contribution in [2.75, 3.05) is 16.8 Å². The molecule has 0 unspecified atom stereocenters. The van der Waals surface area contributed by atoms with Crippen LogP contribution in [0.4, 0.5) is 11.4 Å². The largest absolute Gasteiger partial charge is 0.487 e. The van der Waals surface area contributed by atoms with Crippen molar-refractivity contribution in [3.05, 3.63) is 90.4 Å². The lowest BCUT2D eigenvalue weighted by Gasteiger charge is -2.16. The van der Waals surface area contributed by atoms with Gasteiger partial charge in [-0.2, -0.15) is 0 Å². The molecule has 1 fully saturated rings. The number of fused-ring (bicyclic) bond motifs is 1. The van der Waals surface area contributed by atoms with Crippen LogP contribution in [0.5, 0.6) is 5.75 Å². The van der Waals surface area contributed by atoms with Gasteiger partial charge in [-0.05, 0) is 61.0 Å². The molecular weight excluding hydrogens is 404 g/mol. The topological polar surface area (TPSA) is 75.9 Å². The Balaban J connectivity index is 1.21. The maximum atomic E-state index is 12.7. The van der Waals surface area contributed by atoms with E-state index in [-0.39, 0.29) is 11.8 Å². The summed E-state index contributed by atoms with van der Waals surface area (Å²) in [5, 5.41) is 2.90. The van der Waals surface area contributed by atoms with Crippen molar-refractivity contribution in [1.29, 1.82) is 0 Å². The van der Waals surface area contributed by atoms with Crippen molar-refractivity contribution in [2.45, 2.75) is 19.4 Å². The first-order valence-electron chi connectivity index (χ1n) is 10.5. The quantitative estimate of drug-likeness (QED) is 0.499. The number of hydrogen-bond acceptors (Lipinski definition) is 4. The summed E-state index contributed by atoms with van der Waals surface area (Å²) in [5.41, 5.74) is 3.68. The maximum absolute atomic E-state index is 12.7. The molecule has 7 nitrogen and oxygen atoms in total. The van der Waals surface area contributed by atoms with Crippen molar-refractivity contribution < 1.29 is 14.3 Å². The highest BCUT2D eigenvalue weighted by atomic mass is 16.5. The maximum Gasteiger partial charge on any atom is 0.255 e. The highest BCUT2D eigenvalue weighted by Crippen LogP contribution is 2.24. The molecule has 5 rings (SSSR count). The first kappa shape index (κ1) is 19.8. The summed E-state index contributed by atoms with van der Waals surface area (Å²) in [6.07, 6.45) is 5.31. The van der Waals surface area contributed by atoms with Gasteiger partial charge in [-0.15, -0.1) is 0 Å². The number of rotatable bonds is 6. The first-order chi connectivity index (χ1) is 15.7. The fourth-order valence-electron chi connectivity index (χ4n) is 3.79. The van der Waals surface area contributed by atoms with E-state index in [0.29, 0.717) is 36.6 Å². The number of aromatic nitrogens is 2. The van der Waals surface area contributed by atoms with Crippen LogP contribution >= 0.6 is 0 Å². The number of ether oxygens (including phenoxy) is 1. The van der Waals surface area contributed by atoms with Gasteiger partial charge in [0.05, 0.1) is 5.69 Å². The van der Waals surface area contributed by atoms with Gasteiger partial charge in [-0.3, -0.25) is 9.59 Å². The van der Waals surface area contributed by atoms with E-state index in [1.165, 1.54) is 0 Å². The number of benzene rings is 2. The molecule has 160 valence electrons. The van der Waals surface area contributed by atoms with Crippen molar-refractivity contribution in [1.82, 2.24) is 9.38 Å². The van der Waals surface area contributed by atoms with Gasteiger partial charge < -0.3 is 19.4 Å². The van der Waals surface area contributed by atoms with Gasteiger partial charge in [-0.25, -0.2) is 4.98 Å². The highest BCUT2D eigenvalue weighted by molar-refractivity contribution is 6.05. The van der Waals surface area contributed by atoms with Gasteiger partial charge in [0, 0.05) is 42.3 Å². The Hall–Kier alpha value is -4.13. The van der Waals surface area contributed by atoms with Crippen LogP contribution < -0.4 is 15.0 Å². The number of carbonyl (C=O) groups is 2. The minimum atomic E-state index is -0.221. The molecule has 0 atom stereocenters. The van der Waals surface area contributed by atoms with Crippen molar-refractivity contribution in [3.8, 4) is 5.75 Å². The normalized spacial score (nSPS) is 13.5. The fourth-order valence-corrected chi connectivity index (χ4v) is 3.79. The second kappa shape index (κ2) is 8.55. The number of hydrogen-bond donors (Lipinski definition) is 1. The second-order valence-corrected chi connectivity index (χ2v) is 7.66. The van der Waals surface area contributed by atoms with Crippen molar-refractivity contribution in [3.63, 3.8) is 0 Å². The van der Waals surface area contributed by atoms with Gasteiger partial charge in [-0.1, -0.05) is 12.1 Å². The van der Waals surface area contributed by atoms with Crippen LogP contribution in [0.3, 0.4) is 0 Å². The summed E-state index contributed by atoms with van der Waals surface area (Å²) in [7, 11) is 0. The number of amides is 2. The lowest BCUT2D eigenvalue weighted by molar-refractivity contribution is -0.117. The van der Waals surface area contributed by atoms with E-state index >= 15 is 0 Å². The third-order valence-corrected chi connectivity index (χ3v) is 5.41. The van der Waals surface area contributed by atoms with Crippen molar-refractivity contribution in [2.24, 2.45) is 0 Å². The summed E-state index contributed by atoms with van der Waals surface area (Å²) >= 11 is 0. The van der Waals surface area contributed by atoms with Crippen molar-refractivity contribution >= 4 is 28.8 Å². The monoisotopic (exact) mass is 426 g/mol. The zero-order chi connectivity index (χ0) is 21.9.